The molecule has 1 aliphatic rings. The maximum Gasteiger partial charge on any atom is 0.158 e. The molecule has 1 aromatic rings. The molecule has 0 amide bonds. The zero-order valence-corrected chi connectivity index (χ0v) is 10.6. The van der Waals surface area contributed by atoms with Crippen molar-refractivity contribution in [3.63, 3.8) is 0 Å². The first-order chi connectivity index (χ1) is 8.11. The highest BCUT2D eigenvalue weighted by molar-refractivity contribution is 6.32. The first-order valence-electron chi connectivity index (χ1n) is 5.66. The Morgan fingerprint density at radius 3 is 2.82 bits per heavy atom. The maximum absolute atomic E-state index is 11.4. The molecule has 1 atom stereocenters. The molecule has 0 N–H and O–H groups in total. The average molecular weight is 251 g/mol. The van der Waals surface area contributed by atoms with Gasteiger partial charge in [-0.1, -0.05) is 24.2 Å². The first kappa shape index (κ1) is 12.2. The topological polar surface area (TPSA) is 26.3 Å². The summed E-state index contributed by atoms with van der Waals surface area (Å²) in [6.07, 6.45) is 2.20. The van der Waals surface area contributed by atoms with Gasteiger partial charge >= 0.3 is 0 Å². The predicted molar refractivity (Wildman–Crippen MR) is 68.7 cm³/mol. The Morgan fingerprint density at radius 2 is 2.24 bits per heavy atom. The maximum atomic E-state index is 11.4. The molecule has 0 heterocycles. The highest BCUT2D eigenvalue weighted by atomic mass is 35.5. The van der Waals surface area contributed by atoms with Crippen LogP contribution < -0.4 is 4.74 Å². The van der Waals surface area contributed by atoms with E-state index in [1.54, 1.807) is 7.11 Å². The van der Waals surface area contributed by atoms with Crippen LogP contribution in [0.3, 0.4) is 0 Å². The van der Waals surface area contributed by atoms with E-state index in [1.165, 1.54) is 0 Å². The third-order valence-corrected chi connectivity index (χ3v) is 3.55. The van der Waals surface area contributed by atoms with Crippen molar-refractivity contribution in [1.82, 2.24) is 0 Å². The highest BCUT2D eigenvalue weighted by Crippen LogP contribution is 2.36. The van der Waals surface area contributed by atoms with Gasteiger partial charge in [0.15, 0.2) is 5.78 Å². The van der Waals surface area contributed by atoms with Crippen LogP contribution in [0.5, 0.6) is 5.75 Å². The van der Waals surface area contributed by atoms with Crippen molar-refractivity contribution in [3.05, 3.63) is 40.9 Å². The van der Waals surface area contributed by atoms with Crippen molar-refractivity contribution in [2.24, 2.45) is 0 Å². The van der Waals surface area contributed by atoms with Crippen LogP contribution in [0, 0.1) is 0 Å². The minimum Gasteiger partial charge on any atom is -0.495 e. The lowest BCUT2D eigenvalue weighted by Crippen LogP contribution is -2.14. The Bertz CT molecular complexity index is 465. The van der Waals surface area contributed by atoms with Crippen LogP contribution in [0.15, 0.2) is 30.4 Å². The third-order valence-electron chi connectivity index (χ3n) is 3.25. The number of carbonyl (C=O) groups is 1. The Kier molecular flexibility index (Phi) is 3.53. The van der Waals surface area contributed by atoms with E-state index in [0.717, 1.165) is 24.0 Å². The second-order valence-corrected chi connectivity index (χ2v) is 4.77. The standard InChI is InChI=1S/C14H15ClO2/c1-9-7-10(3-5-13(9)16)11-4-6-14(17-2)12(15)8-11/h4,6,8,10H,1,3,5,7H2,2H3. The summed E-state index contributed by atoms with van der Waals surface area (Å²) in [6.45, 7) is 3.82. The lowest BCUT2D eigenvalue weighted by atomic mass is 9.81. The van der Waals surface area contributed by atoms with E-state index in [9.17, 15) is 4.79 Å². The van der Waals surface area contributed by atoms with E-state index in [-0.39, 0.29) is 5.78 Å². The average Bonchev–Trinajstić information content (AvgIpc) is 2.32. The van der Waals surface area contributed by atoms with Gasteiger partial charge in [0.2, 0.25) is 0 Å². The van der Waals surface area contributed by atoms with Crippen LogP contribution in [0.2, 0.25) is 5.02 Å². The number of rotatable bonds is 2. The van der Waals surface area contributed by atoms with E-state index < -0.39 is 0 Å². The fourth-order valence-corrected chi connectivity index (χ4v) is 2.48. The van der Waals surface area contributed by atoms with E-state index in [2.05, 4.69) is 6.58 Å². The zero-order valence-electron chi connectivity index (χ0n) is 9.83. The smallest absolute Gasteiger partial charge is 0.158 e. The van der Waals surface area contributed by atoms with Crippen LogP contribution in [-0.4, -0.2) is 12.9 Å². The number of allylic oxidation sites excluding steroid dienone is 1. The molecule has 1 aromatic carbocycles. The fourth-order valence-electron chi connectivity index (χ4n) is 2.22. The molecule has 0 aliphatic heterocycles. The fraction of sp³-hybridized carbons (Fsp3) is 0.357. The van der Waals surface area contributed by atoms with Crippen molar-refractivity contribution in [2.45, 2.75) is 25.2 Å². The largest absolute Gasteiger partial charge is 0.495 e. The normalized spacial score (nSPS) is 20.5. The quantitative estimate of drug-likeness (QED) is 0.748. The number of ether oxygens (including phenoxy) is 1. The van der Waals surface area contributed by atoms with E-state index in [0.29, 0.717) is 23.1 Å². The minimum absolute atomic E-state index is 0.195. The number of hydrogen-bond donors (Lipinski definition) is 0. The second-order valence-electron chi connectivity index (χ2n) is 4.36. The summed E-state index contributed by atoms with van der Waals surface area (Å²) in [5.41, 5.74) is 1.89. The van der Waals surface area contributed by atoms with Gasteiger partial charge in [-0.15, -0.1) is 0 Å². The molecule has 1 fully saturated rings. The van der Waals surface area contributed by atoms with Gasteiger partial charge in [-0.2, -0.15) is 0 Å². The molecule has 1 unspecified atom stereocenters. The molecule has 3 heteroatoms. The van der Waals surface area contributed by atoms with Gasteiger partial charge in [0, 0.05) is 6.42 Å². The number of ketones is 1. The van der Waals surface area contributed by atoms with Gasteiger partial charge in [0.1, 0.15) is 5.75 Å². The first-order valence-corrected chi connectivity index (χ1v) is 6.04. The molecular formula is C14H15ClO2. The van der Waals surface area contributed by atoms with Crippen LogP contribution in [0.25, 0.3) is 0 Å². The molecule has 0 spiro atoms. The number of halogens is 1. The molecule has 1 aliphatic carbocycles. The SMILES string of the molecule is C=C1CC(c2ccc(OC)c(Cl)c2)CCC1=O. The predicted octanol–water partition coefficient (Wildman–Crippen LogP) is 3.74. The number of Topliss-reactive ketones (excluding diaryl/α,β-unsaturated/α-hetero) is 1. The molecule has 1 saturated carbocycles. The van der Waals surface area contributed by atoms with E-state index in [1.807, 2.05) is 18.2 Å². The van der Waals surface area contributed by atoms with Gasteiger partial charge in [-0.05, 0) is 42.0 Å². The Balaban J connectivity index is 2.20. The molecule has 0 bridgehead atoms. The Morgan fingerprint density at radius 1 is 1.47 bits per heavy atom. The van der Waals surface area contributed by atoms with Gasteiger partial charge in [0.25, 0.3) is 0 Å². The lowest BCUT2D eigenvalue weighted by Gasteiger charge is -2.23. The highest BCUT2D eigenvalue weighted by Gasteiger charge is 2.23. The Hall–Kier alpha value is -1.28. The summed E-state index contributed by atoms with van der Waals surface area (Å²) in [5.74, 6) is 1.23. The van der Waals surface area contributed by atoms with E-state index >= 15 is 0 Å². The van der Waals surface area contributed by atoms with Crippen LogP contribution in [0.1, 0.15) is 30.7 Å². The van der Waals surface area contributed by atoms with Gasteiger partial charge in [0.05, 0.1) is 12.1 Å². The molecule has 2 nitrogen and oxygen atoms in total. The number of hydrogen-bond acceptors (Lipinski definition) is 2. The molecule has 0 radical (unpaired) electrons. The summed E-state index contributed by atoms with van der Waals surface area (Å²) in [6, 6.07) is 5.81. The van der Waals surface area contributed by atoms with Crippen molar-refractivity contribution >= 4 is 17.4 Å². The van der Waals surface area contributed by atoms with Gasteiger partial charge in [-0.25, -0.2) is 0 Å². The zero-order chi connectivity index (χ0) is 12.4. The summed E-state index contributed by atoms with van der Waals surface area (Å²) < 4.78 is 5.12. The van der Waals surface area contributed by atoms with E-state index in [4.69, 9.17) is 16.3 Å². The number of methoxy groups -OCH3 is 1. The third kappa shape index (κ3) is 2.52. The molecule has 2 rings (SSSR count). The molecule has 0 saturated heterocycles. The summed E-state index contributed by atoms with van der Waals surface area (Å²) in [5, 5.41) is 0.618. The monoisotopic (exact) mass is 250 g/mol. The number of carbonyl (C=O) groups excluding carboxylic acids is 1. The van der Waals surface area contributed by atoms with Crippen LogP contribution >= 0.6 is 11.6 Å². The number of benzene rings is 1. The molecule has 90 valence electrons. The molecule has 17 heavy (non-hydrogen) atoms. The molecular weight excluding hydrogens is 236 g/mol. The minimum atomic E-state index is 0.195. The van der Waals surface area contributed by atoms with Gasteiger partial charge in [-0.3, -0.25) is 4.79 Å². The summed E-state index contributed by atoms with van der Waals surface area (Å²) in [4.78, 5) is 11.4. The Labute approximate surface area is 106 Å². The second kappa shape index (κ2) is 4.92. The van der Waals surface area contributed by atoms with Crippen molar-refractivity contribution < 1.29 is 9.53 Å². The summed E-state index contributed by atoms with van der Waals surface area (Å²) >= 11 is 6.10. The van der Waals surface area contributed by atoms with Gasteiger partial charge < -0.3 is 4.74 Å². The summed E-state index contributed by atoms with van der Waals surface area (Å²) in [7, 11) is 1.60. The van der Waals surface area contributed by atoms with Crippen molar-refractivity contribution in [1.29, 1.82) is 0 Å². The molecule has 0 aromatic heterocycles. The van der Waals surface area contributed by atoms with Crippen molar-refractivity contribution in [2.75, 3.05) is 7.11 Å². The van der Waals surface area contributed by atoms with Crippen molar-refractivity contribution in [3.8, 4) is 5.75 Å². The van der Waals surface area contributed by atoms with Crippen LogP contribution in [0.4, 0.5) is 0 Å². The lowest BCUT2D eigenvalue weighted by molar-refractivity contribution is -0.116. The van der Waals surface area contributed by atoms with Crippen LogP contribution in [-0.2, 0) is 4.79 Å².